The van der Waals surface area contributed by atoms with Crippen LogP contribution in [-0.4, -0.2) is 77.0 Å². The van der Waals surface area contributed by atoms with Gasteiger partial charge in [-0.05, 0) is 38.2 Å². The molecule has 2 aromatic carbocycles. The van der Waals surface area contributed by atoms with Gasteiger partial charge in [0.05, 0.1) is 17.0 Å². The van der Waals surface area contributed by atoms with Crippen molar-refractivity contribution in [2.75, 3.05) is 45.2 Å². The van der Waals surface area contributed by atoms with Crippen LogP contribution in [0.2, 0.25) is 0 Å². The molecule has 1 aromatic heterocycles. The van der Waals surface area contributed by atoms with Crippen molar-refractivity contribution in [3.05, 3.63) is 66.1 Å². The number of hydrogen-bond acceptors (Lipinski definition) is 6. The van der Waals surface area contributed by atoms with Crippen molar-refractivity contribution in [2.45, 2.75) is 13.0 Å². The highest BCUT2D eigenvalue weighted by atomic mass is 16.4. The van der Waals surface area contributed by atoms with E-state index in [-0.39, 0.29) is 17.4 Å². The van der Waals surface area contributed by atoms with Gasteiger partial charge in [-0.1, -0.05) is 30.3 Å². The van der Waals surface area contributed by atoms with Gasteiger partial charge in [-0.3, -0.25) is 4.79 Å². The standard InChI is InChI=1S/C25H29N5O3/c1-28(2)12-13-30(15-18-6-4-3-5-7-18)24(31)19-10-11-29(16-19)22-9-8-20(25(32)33)23-21(22)14-26-17-27-23/h3-9,14,17,19H,10-13,15-16H2,1-2H3,(H,32,33). The Morgan fingerprint density at radius 2 is 1.91 bits per heavy atom. The molecule has 1 aliphatic heterocycles. The first-order valence-electron chi connectivity index (χ1n) is 11.1. The van der Waals surface area contributed by atoms with E-state index in [1.807, 2.05) is 49.3 Å². The summed E-state index contributed by atoms with van der Waals surface area (Å²) in [5.74, 6) is -0.974. The summed E-state index contributed by atoms with van der Waals surface area (Å²) >= 11 is 0. The molecule has 1 unspecified atom stereocenters. The molecule has 0 spiro atoms. The minimum atomic E-state index is -1.02. The Morgan fingerprint density at radius 1 is 1.12 bits per heavy atom. The van der Waals surface area contributed by atoms with E-state index in [9.17, 15) is 14.7 Å². The number of nitrogens with zero attached hydrogens (tertiary/aromatic N) is 5. The number of aromatic carboxylic acids is 1. The molecule has 1 amide bonds. The van der Waals surface area contributed by atoms with Crippen LogP contribution in [0.15, 0.2) is 55.0 Å². The van der Waals surface area contributed by atoms with E-state index < -0.39 is 5.97 Å². The first kappa shape index (κ1) is 22.7. The van der Waals surface area contributed by atoms with Gasteiger partial charge in [-0.25, -0.2) is 14.8 Å². The summed E-state index contributed by atoms with van der Waals surface area (Å²) in [5, 5.41) is 10.2. The first-order valence-corrected chi connectivity index (χ1v) is 11.1. The Morgan fingerprint density at radius 3 is 2.64 bits per heavy atom. The normalized spacial score (nSPS) is 15.8. The molecular weight excluding hydrogens is 418 g/mol. The van der Waals surface area contributed by atoms with Crippen molar-refractivity contribution in [3.8, 4) is 0 Å². The van der Waals surface area contributed by atoms with Crippen LogP contribution < -0.4 is 4.90 Å². The lowest BCUT2D eigenvalue weighted by atomic mass is 10.1. The Labute approximate surface area is 193 Å². The lowest BCUT2D eigenvalue weighted by molar-refractivity contribution is -0.135. The third-order valence-corrected chi connectivity index (χ3v) is 6.10. The zero-order valence-corrected chi connectivity index (χ0v) is 19.0. The number of carboxylic acid groups (broad SMARTS) is 1. The second-order valence-electron chi connectivity index (χ2n) is 8.70. The third kappa shape index (κ3) is 5.12. The third-order valence-electron chi connectivity index (χ3n) is 6.10. The van der Waals surface area contributed by atoms with Gasteiger partial charge in [0.2, 0.25) is 5.91 Å². The van der Waals surface area contributed by atoms with Gasteiger partial charge in [0.25, 0.3) is 0 Å². The smallest absolute Gasteiger partial charge is 0.337 e. The predicted octanol–water partition coefficient (Wildman–Crippen LogP) is 2.74. The monoisotopic (exact) mass is 447 g/mol. The molecule has 172 valence electrons. The van der Waals surface area contributed by atoms with Crippen molar-refractivity contribution >= 4 is 28.5 Å². The molecule has 3 aromatic rings. The highest BCUT2D eigenvalue weighted by Gasteiger charge is 2.32. The molecule has 1 aliphatic rings. The van der Waals surface area contributed by atoms with Crippen LogP contribution in [0, 0.1) is 5.92 Å². The SMILES string of the molecule is CN(C)CCN(Cc1ccccc1)C(=O)C1CCN(c2ccc(C(=O)O)c3ncncc23)C1. The second-order valence-corrected chi connectivity index (χ2v) is 8.70. The van der Waals surface area contributed by atoms with E-state index in [4.69, 9.17) is 0 Å². The quantitative estimate of drug-likeness (QED) is 0.568. The van der Waals surface area contributed by atoms with Gasteiger partial charge in [0, 0.05) is 50.0 Å². The molecule has 0 radical (unpaired) electrons. The number of aromatic nitrogens is 2. The van der Waals surface area contributed by atoms with Gasteiger partial charge < -0.3 is 19.8 Å². The lowest BCUT2D eigenvalue weighted by Gasteiger charge is -2.27. The predicted molar refractivity (Wildman–Crippen MR) is 127 cm³/mol. The molecular formula is C25H29N5O3. The number of amides is 1. The van der Waals surface area contributed by atoms with E-state index in [1.54, 1.807) is 18.3 Å². The summed E-state index contributed by atoms with van der Waals surface area (Å²) in [5.41, 5.74) is 2.56. The Kier molecular flexibility index (Phi) is 6.84. The Bertz CT molecular complexity index is 1140. The van der Waals surface area contributed by atoms with E-state index in [1.165, 1.54) is 6.33 Å². The van der Waals surface area contributed by atoms with Crippen LogP contribution in [-0.2, 0) is 11.3 Å². The van der Waals surface area contributed by atoms with Gasteiger partial charge in [-0.2, -0.15) is 0 Å². The van der Waals surface area contributed by atoms with Crippen molar-refractivity contribution in [1.29, 1.82) is 0 Å². The molecule has 1 atom stereocenters. The summed E-state index contributed by atoms with van der Waals surface area (Å²) in [6, 6.07) is 13.5. The van der Waals surface area contributed by atoms with E-state index >= 15 is 0 Å². The largest absolute Gasteiger partial charge is 0.478 e. The zero-order valence-electron chi connectivity index (χ0n) is 19.0. The number of carbonyl (C=O) groups excluding carboxylic acids is 1. The molecule has 1 saturated heterocycles. The van der Waals surface area contributed by atoms with Crippen LogP contribution in [0.5, 0.6) is 0 Å². The van der Waals surface area contributed by atoms with Gasteiger partial charge in [0.1, 0.15) is 6.33 Å². The molecule has 33 heavy (non-hydrogen) atoms. The minimum Gasteiger partial charge on any atom is -0.478 e. The van der Waals surface area contributed by atoms with Crippen molar-refractivity contribution in [2.24, 2.45) is 5.92 Å². The summed E-state index contributed by atoms with van der Waals surface area (Å²) in [4.78, 5) is 39.6. The summed E-state index contributed by atoms with van der Waals surface area (Å²) < 4.78 is 0. The maximum atomic E-state index is 13.5. The maximum Gasteiger partial charge on any atom is 0.337 e. The van der Waals surface area contributed by atoms with Crippen LogP contribution >= 0.6 is 0 Å². The van der Waals surface area contributed by atoms with Gasteiger partial charge >= 0.3 is 5.97 Å². The number of hydrogen-bond donors (Lipinski definition) is 1. The number of benzene rings is 2. The number of carbonyl (C=O) groups is 2. The summed E-state index contributed by atoms with van der Waals surface area (Å²) in [7, 11) is 4.02. The molecule has 1 fully saturated rings. The fraction of sp³-hybridized carbons (Fsp3) is 0.360. The second kappa shape index (κ2) is 9.95. The average Bonchev–Trinajstić information content (AvgIpc) is 3.31. The minimum absolute atomic E-state index is 0.116. The molecule has 0 saturated carbocycles. The van der Waals surface area contributed by atoms with Gasteiger partial charge in [0.15, 0.2) is 0 Å². The molecule has 8 heteroatoms. The fourth-order valence-corrected chi connectivity index (χ4v) is 4.34. The zero-order chi connectivity index (χ0) is 23.4. The maximum absolute atomic E-state index is 13.5. The topological polar surface area (TPSA) is 89.9 Å². The molecule has 0 bridgehead atoms. The number of rotatable bonds is 8. The van der Waals surface area contributed by atoms with Crippen LogP contribution in [0.3, 0.4) is 0 Å². The fourth-order valence-electron chi connectivity index (χ4n) is 4.34. The Balaban J connectivity index is 1.54. The Hall–Kier alpha value is -3.52. The molecule has 0 aliphatic carbocycles. The highest BCUT2D eigenvalue weighted by molar-refractivity contribution is 6.05. The van der Waals surface area contributed by atoms with E-state index in [0.717, 1.165) is 30.8 Å². The van der Waals surface area contributed by atoms with Crippen LogP contribution in [0.4, 0.5) is 5.69 Å². The number of likely N-dealkylation sites (N-methyl/N-ethyl adjacent to an activating group) is 1. The first-order chi connectivity index (χ1) is 15.9. The van der Waals surface area contributed by atoms with Crippen molar-refractivity contribution < 1.29 is 14.7 Å². The van der Waals surface area contributed by atoms with Gasteiger partial charge in [-0.15, -0.1) is 0 Å². The van der Waals surface area contributed by atoms with Crippen LogP contribution in [0.1, 0.15) is 22.3 Å². The average molecular weight is 448 g/mol. The molecule has 4 rings (SSSR count). The van der Waals surface area contributed by atoms with Crippen molar-refractivity contribution in [1.82, 2.24) is 19.8 Å². The number of anilines is 1. The van der Waals surface area contributed by atoms with Crippen LogP contribution in [0.25, 0.3) is 10.9 Å². The number of carboxylic acids is 1. The van der Waals surface area contributed by atoms with E-state index in [0.29, 0.717) is 30.5 Å². The van der Waals surface area contributed by atoms with E-state index in [2.05, 4.69) is 19.8 Å². The highest BCUT2D eigenvalue weighted by Crippen LogP contribution is 2.32. The molecule has 2 heterocycles. The van der Waals surface area contributed by atoms with Crippen molar-refractivity contribution in [3.63, 3.8) is 0 Å². The summed E-state index contributed by atoms with van der Waals surface area (Å²) in [6.07, 6.45) is 3.76. The number of fused-ring (bicyclic) bond motifs is 1. The summed E-state index contributed by atoms with van der Waals surface area (Å²) in [6.45, 7) is 3.37. The molecule has 1 N–H and O–H groups in total. The lowest BCUT2D eigenvalue weighted by Crippen LogP contribution is -2.40. The molecule has 8 nitrogen and oxygen atoms in total.